The number of pyridine rings is 1. The van der Waals surface area contributed by atoms with Gasteiger partial charge in [-0.05, 0) is 99.5 Å². The minimum absolute atomic E-state index is 0. The minimum atomic E-state index is -0.173. The van der Waals surface area contributed by atoms with Crippen molar-refractivity contribution in [1.82, 2.24) is 14.1 Å². The van der Waals surface area contributed by atoms with E-state index in [1.54, 1.807) is 0 Å². The Morgan fingerprint density at radius 1 is 0.617 bits per heavy atom. The molecule has 0 saturated heterocycles. The van der Waals surface area contributed by atoms with Crippen LogP contribution < -0.4 is 9.30 Å². The molecule has 60 heavy (non-hydrogen) atoms. The van der Waals surface area contributed by atoms with E-state index in [-0.39, 0.29) is 31.9 Å². The van der Waals surface area contributed by atoms with Crippen molar-refractivity contribution in [3.63, 3.8) is 0 Å². The predicted molar refractivity (Wildman–Crippen MR) is 240 cm³/mol. The van der Waals surface area contributed by atoms with Crippen LogP contribution in [0.2, 0.25) is 0 Å². The molecular weight excluding hydrogens is 916 g/mol. The van der Waals surface area contributed by atoms with Crippen LogP contribution in [0.15, 0.2) is 146 Å². The third-order valence-electron chi connectivity index (χ3n) is 11.2. The summed E-state index contributed by atoms with van der Waals surface area (Å²) in [5.74, 6) is 2.03. The van der Waals surface area contributed by atoms with E-state index in [0.717, 1.165) is 50.3 Å². The second-order valence-corrected chi connectivity index (χ2v) is 17.6. The molecule has 3 heterocycles. The van der Waals surface area contributed by atoms with Crippen molar-refractivity contribution in [2.75, 3.05) is 0 Å². The topological polar surface area (TPSA) is 35.9 Å². The van der Waals surface area contributed by atoms with Crippen molar-refractivity contribution in [2.45, 2.75) is 66.2 Å². The van der Waals surface area contributed by atoms with Crippen molar-refractivity contribution in [2.24, 2.45) is 0 Å². The molecule has 0 unspecified atom stereocenters. The molecule has 0 radical (unpaired) electrons. The molecule has 0 aliphatic heterocycles. The maximum atomic E-state index is 6.82. The number of hydrogen-bond acceptors (Lipinski definition) is 2. The van der Waals surface area contributed by atoms with Crippen molar-refractivity contribution < 1.29 is 30.4 Å². The maximum Gasteiger partial charge on any atom is 0.267 e. The summed E-state index contributed by atoms with van der Waals surface area (Å²) in [6.07, 6.45) is 7.76. The largest absolute Gasteiger partial charge is 0.510 e. The first kappa shape index (κ1) is 40.7. The number of fused-ring (bicyclic) bond motifs is 3. The summed E-state index contributed by atoms with van der Waals surface area (Å²) < 4.78 is 13.2. The van der Waals surface area contributed by atoms with E-state index < -0.39 is 0 Å². The summed E-state index contributed by atoms with van der Waals surface area (Å²) in [5, 5.41) is 2.22. The van der Waals surface area contributed by atoms with Gasteiger partial charge in [0.05, 0.1) is 11.4 Å². The Bertz CT molecular complexity index is 2980. The number of aryl methyl sites for hydroxylation is 2. The van der Waals surface area contributed by atoms with Gasteiger partial charge in [0.1, 0.15) is 5.82 Å². The molecule has 302 valence electrons. The second kappa shape index (κ2) is 15.9. The van der Waals surface area contributed by atoms with Crippen LogP contribution >= 0.6 is 0 Å². The normalized spacial score (nSPS) is 11.9. The van der Waals surface area contributed by atoms with Gasteiger partial charge in [0.25, 0.3) is 6.33 Å². The number of para-hydroxylation sites is 1. The van der Waals surface area contributed by atoms with E-state index in [1.165, 1.54) is 33.4 Å². The van der Waals surface area contributed by atoms with Gasteiger partial charge in [0.2, 0.25) is 0 Å². The summed E-state index contributed by atoms with van der Waals surface area (Å²) in [5.41, 5.74) is 12.9. The Kier molecular flexibility index (Phi) is 10.8. The molecule has 0 saturated carbocycles. The number of benzene rings is 6. The fourth-order valence-electron chi connectivity index (χ4n) is 8.08. The van der Waals surface area contributed by atoms with Gasteiger partial charge in [-0.1, -0.05) is 126 Å². The van der Waals surface area contributed by atoms with E-state index in [0.29, 0.717) is 11.5 Å². The van der Waals surface area contributed by atoms with Crippen molar-refractivity contribution in [3.8, 4) is 50.9 Å². The average molecular weight is 964 g/mol. The fraction of sp³-hybridized carbons (Fsp3) is 0.185. The van der Waals surface area contributed by atoms with E-state index >= 15 is 0 Å². The number of nitrogens with zero attached hydrogens (tertiary/aromatic N) is 4. The van der Waals surface area contributed by atoms with Gasteiger partial charge in [-0.3, -0.25) is 4.57 Å². The molecule has 0 fully saturated rings. The zero-order chi connectivity index (χ0) is 41.1. The monoisotopic (exact) mass is 963 g/mol. The number of imidazole rings is 1. The third-order valence-corrected chi connectivity index (χ3v) is 11.2. The SMILES string of the molecule is Cc1cccc(C)c1-c1cc(Oc2[c-]c3c(cc2)c2ccccc2n3-c2cc(C(C)(C)C)ccn2)[c-]c(-n2[c-][n+](-c3ccc(-c4ccccc4)cc3)c(C(C)(C)C)c2)c1.[Pt]. The van der Waals surface area contributed by atoms with E-state index in [1.807, 2.05) is 22.9 Å². The van der Waals surface area contributed by atoms with Crippen LogP contribution in [0.3, 0.4) is 0 Å². The molecule has 0 atom stereocenters. The Morgan fingerprint density at radius 3 is 2.03 bits per heavy atom. The molecule has 3 aromatic heterocycles. The molecule has 9 rings (SSSR count). The Hall–Kier alpha value is -6.03. The predicted octanol–water partition coefficient (Wildman–Crippen LogP) is 13.0. The van der Waals surface area contributed by atoms with Crippen LogP contribution in [0, 0.1) is 32.3 Å². The zero-order valence-corrected chi connectivity index (χ0v) is 37.6. The molecule has 0 bridgehead atoms. The molecule has 0 aliphatic rings. The Labute approximate surface area is 368 Å². The van der Waals surface area contributed by atoms with Crippen LogP contribution in [0.25, 0.3) is 61.3 Å². The first-order valence-corrected chi connectivity index (χ1v) is 20.3. The molecule has 0 amide bonds. The van der Waals surface area contributed by atoms with Gasteiger partial charge in [-0.25, -0.2) is 4.98 Å². The zero-order valence-electron chi connectivity index (χ0n) is 35.4. The molecule has 0 N–H and O–H groups in total. The molecule has 6 aromatic carbocycles. The third kappa shape index (κ3) is 7.75. The van der Waals surface area contributed by atoms with Crippen LogP contribution in [0.1, 0.15) is 63.9 Å². The van der Waals surface area contributed by atoms with Crippen LogP contribution in [-0.4, -0.2) is 14.1 Å². The molecule has 9 aromatic rings. The molecule has 5 nitrogen and oxygen atoms in total. The van der Waals surface area contributed by atoms with Crippen LogP contribution in [-0.2, 0) is 31.9 Å². The standard InChI is InChI=1S/C54H48N4O.Pt/c1-36-15-14-16-37(2)52(36)40-29-43(56-34-50(54(6,7)8)57(35-56)42-23-21-39(22-24-42)38-17-10-9-11-18-38)32-45(30-40)59-44-25-26-47-46-19-12-13-20-48(46)58(49(47)33-44)51-31-41(27-28-55-51)53(3,4)5;/h9-31,34H,1-8H3;/q-2;. The second-order valence-electron chi connectivity index (χ2n) is 17.6. The smallest absolute Gasteiger partial charge is 0.267 e. The Morgan fingerprint density at radius 2 is 1.32 bits per heavy atom. The van der Waals surface area contributed by atoms with E-state index in [2.05, 4.69) is 211 Å². The summed E-state index contributed by atoms with van der Waals surface area (Å²) in [6, 6.07) is 54.1. The number of ether oxygens (including phenoxy) is 1. The number of aromatic nitrogens is 4. The minimum Gasteiger partial charge on any atom is -0.510 e. The fourth-order valence-corrected chi connectivity index (χ4v) is 8.08. The van der Waals surface area contributed by atoms with Gasteiger partial charge in [-0.15, -0.1) is 35.2 Å². The van der Waals surface area contributed by atoms with E-state index in [9.17, 15) is 0 Å². The van der Waals surface area contributed by atoms with Crippen molar-refractivity contribution in [3.05, 3.63) is 187 Å². The van der Waals surface area contributed by atoms with Gasteiger partial charge in [-0.2, -0.15) is 12.1 Å². The van der Waals surface area contributed by atoms with Crippen molar-refractivity contribution in [1.29, 1.82) is 0 Å². The maximum absolute atomic E-state index is 6.82. The first-order chi connectivity index (χ1) is 28.3. The first-order valence-electron chi connectivity index (χ1n) is 20.3. The molecule has 6 heteroatoms. The molecular formula is C54H48N4OPt-2. The Balaban J connectivity index is 0.00000499. The summed E-state index contributed by atoms with van der Waals surface area (Å²) >= 11 is 0. The van der Waals surface area contributed by atoms with E-state index in [4.69, 9.17) is 9.72 Å². The molecule has 0 aliphatic carbocycles. The summed E-state index contributed by atoms with van der Waals surface area (Å²) in [7, 11) is 0. The number of hydrogen-bond donors (Lipinski definition) is 0. The quantitative estimate of drug-likeness (QED) is 0.118. The van der Waals surface area contributed by atoms with Gasteiger partial charge in [0, 0.05) is 50.5 Å². The average Bonchev–Trinajstić information content (AvgIpc) is 3.82. The van der Waals surface area contributed by atoms with Crippen LogP contribution in [0.5, 0.6) is 11.5 Å². The van der Waals surface area contributed by atoms with Crippen LogP contribution in [0.4, 0.5) is 0 Å². The summed E-state index contributed by atoms with van der Waals surface area (Å²) in [4.78, 5) is 4.87. The van der Waals surface area contributed by atoms with Gasteiger partial charge in [0.15, 0.2) is 0 Å². The van der Waals surface area contributed by atoms with Gasteiger partial charge < -0.3 is 13.9 Å². The van der Waals surface area contributed by atoms with Crippen molar-refractivity contribution >= 4 is 21.8 Å². The molecule has 0 spiro atoms. The van der Waals surface area contributed by atoms with Gasteiger partial charge >= 0.3 is 0 Å². The number of rotatable bonds is 7. The summed E-state index contributed by atoms with van der Waals surface area (Å²) in [6.45, 7) is 17.7.